The third kappa shape index (κ3) is 0.917. The first-order valence-corrected chi connectivity index (χ1v) is 3.52. The first-order valence-electron chi connectivity index (χ1n) is 3.52. The van der Waals surface area contributed by atoms with Crippen molar-refractivity contribution in [2.24, 2.45) is 0 Å². The molecule has 5 heteroatoms. The van der Waals surface area contributed by atoms with E-state index in [0.29, 0.717) is 0 Å². The van der Waals surface area contributed by atoms with Gasteiger partial charge in [0.1, 0.15) is 5.60 Å². The van der Waals surface area contributed by atoms with Crippen LogP contribution in [0.4, 0.5) is 0 Å². The molecule has 1 saturated carbocycles. The molecule has 5 nitrogen and oxygen atoms in total. The van der Waals surface area contributed by atoms with Gasteiger partial charge in [-0.2, -0.15) is 0 Å². The van der Waals surface area contributed by atoms with Crippen LogP contribution in [0.2, 0.25) is 0 Å². The zero-order valence-corrected chi connectivity index (χ0v) is 6.43. The average Bonchev–Trinajstić information content (AvgIpc) is 2.12. The summed E-state index contributed by atoms with van der Waals surface area (Å²) >= 11 is 0. The van der Waals surface area contributed by atoms with Crippen LogP contribution in [0.5, 0.6) is 0 Å². The van der Waals surface area contributed by atoms with Gasteiger partial charge in [-0.05, 0) is 6.42 Å². The summed E-state index contributed by atoms with van der Waals surface area (Å²) in [5.74, 6) is -5.64. The summed E-state index contributed by atoms with van der Waals surface area (Å²) in [6, 6.07) is 0. The molecule has 0 aliphatic heterocycles. The van der Waals surface area contributed by atoms with E-state index < -0.39 is 17.2 Å². The van der Waals surface area contributed by atoms with Gasteiger partial charge in [-0.25, -0.2) is 0 Å². The molecule has 0 amide bonds. The molecule has 0 heterocycles. The molecule has 0 saturated heterocycles. The summed E-state index contributed by atoms with van der Waals surface area (Å²) in [5.41, 5.74) is -2.06. The van der Waals surface area contributed by atoms with Gasteiger partial charge >= 0.3 is 0 Å². The van der Waals surface area contributed by atoms with E-state index in [4.69, 9.17) is 10.2 Å². The molecule has 0 aromatic rings. The summed E-state index contributed by atoms with van der Waals surface area (Å²) in [5, 5.41) is 45.8. The van der Waals surface area contributed by atoms with E-state index in [0.717, 1.165) is 6.08 Å². The molecule has 5 N–H and O–H groups in total. The van der Waals surface area contributed by atoms with Crippen LogP contribution in [0.25, 0.3) is 0 Å². The highest BCUT2D eigenvalue weighted by Gasteiger charge is 2.65. The van der Waals surface area contributed by atoms with Crippen LogP contribution in [0, 0.1) is 0 Å². The minimum atomic E-state index is -2.96. The Bertz CT molecular complexity index is 210. The van der Waals surface area contributed by atoms with E-state index in [1.165, 1.54) is 0 Å². The van der Waals surface area contributed by atoms with Crippen molar-refractivity contribution in [3.63, 3.8) is 0 Å². The second-order valence-corrected chi connectivity index (χ2v) is 3.12. The van der Waals surface area contributed by atoms with Crippen molar-refractivity contribution in [2.75, 3.05) is 0 Å². The van der Waals surface area contributed by atoms with Crippen LogP contribution >= 0.6 is 0 Å². The maximum atomic E-state index is 9.43. The normalized spacial score (nSPS) is 38.1. The monoisotopic (exact) mass is 176 g/mol. The fourth-order valence-corrected chi connectivity index (χ4v) is 1.30. The first-order chi connectivity index (χ1) is 5.27. The van der Waals surface area contributed by atoms with Gasteiger partial charge in [0.25, 0.3) is 5.79 Å². The number of hydrogen-bond acceptors (Lipinski definition) is 5. The molecule has 1 aliphatic rings. The molecule has 12 heavy (non-hydrogen) atoms. The third-order valence-corrected chi connectivity index (χ3v) is 2.35. The predicted molar refractivity (Wildman–Crippen MR) is 38.7 cm³/mol. The van der Waals surface area contributed by atoms with Gasteiger partial charge in [0.2, 0.25) is 5.79 Å². The van der Waals surface area contributed by atoms with Gasteiger partial charge < -0.3 is 25.5 Å². The molecule has 0 spiro atoms. The largest absolute Gasteiger partial charge is 0.380 e. The lowest BCUT2D eigenvalue weighted by atomic mass is 9.95. The Labute approximate surface area is 69.2 Å². The molecule has 0 aromatic heterocycles. The zero-order chi connectivity index (χ0) is 9.62. The van der Waals surface area contributed by atoms with Crippen LogP contribution in [-0.2, 0) is 0 Å². The van der Waals surface area contributed by atoms with Gasteiger partial charge in [0.05, 0.1) is 0 Å². The summed E-state index contributed by atoms with van der Waals surface area (Å²) in [4.78, 5) is 0. The lowest BCUT2D eigenvalue weighted by Gasteiger charge is -2.36. The van der Waals surface area contributed by atoms with E-state index in [1.54, 1.807) is 0 Å². The molecule has 1 atom stereocenters. The molecule has 0 radical (unpaired) electrons. The Morgan fingerprint density at radius 3 is 1.67 bits per heavy atom. The van der Waals surface area contributed by atoms with Crippen LogP contribution < -0.4 is 0 Å². The molecule has 1 rings (SSSR count). The fourth-order valence-electron chi connectivity index (χ4n) is 1.30. The molecular formula is C7H12O5. The molecule has 0 bridgehead atoms. The quantitative estimate of drug-likeness (QED) is 0.236. The highest BCUT2D eigenvalue weighted by atomic mass is 16.6. The van der Waals surface area contributed by atoms with Crippen LogP contribution in [0.1, 0.15) is 12.8 Å². The van der Waals surface area contributed by atoms with Crippen LogP contribution in [-0.4, -0.2) is 42.7 Å². The highest BCUT2D eigenvalue weighted by molar-refractivity contribution is 5.15. The minimum absolute atomic E-state index is 0.156. The van der Waals surface area contributed by atoms with Crippen molar-refractivity contribution in [2.45, 2.75) is 30.0 Å². The van der Waals surface area contributed by atoms with Crippen molar-refractivity contribution in [3.05, 3.63) is 12.7 Å². The Morgan fingerprint density at radius 2 is 1.50 bits per heavy atom. The third-order valence-electron chi connectivity index (χ3n) is 2.35. The zero-order valence-electron chi connectivity index (χ0n) is 6.43. The second kappa shape index (κ2) is 2.27. The SMILES string of the molecule is C=CC1(O)CCC(O)(O)C1(O)O. The van der Waals surface area contributed by atoms with Gasteiger partial charge in [-0.1, -0.05) is 6.08 Å². The van der Waals surface area contributed by atoms with Crippen molar-refractivity contribution in [1.82, 2.24) is 0 Å². The van der Waals surface area contributed by atoms with Crippen molar-refractivity contribution >= 4 is 0 Å². The summed E-state index contributed by atoms with van der Waals surface area (Å²) in [6.45, 7) is 3.18. The minimum Gasteiger partial charge on any atom is -0.380 e. The molecular weight excluding hydrogens is 164 g/mol. The Kier molecular flexibility index (Phi) is 1.82. The summed E-state index contributed by atoms with van der Waals surface area (Å²) in [6.07, 6.45) is 0.417. The van der Waals surface area contributed by atoms with Gasteiger partial charge in [-0.3, -0.25) is 0 Å². The van der Waals surface area contributed by atoms with E-state index in [1.807, 2.05) is 0 Å². The standard InChI is InChI=1S/C7H12O5/c1-2-5(8)3-4-6(9,10)7(5,11)12/h2,8-12H,1,3-4H2. The summed E-state index contributed by atoms with van der Waals surface area (Å²) in [7, 11) is 0. The number of rotatable bonds is 1. The second-order valence-electron chi connectivity index (χ2n) is 3.12. The van der Waals surface area contributed by atoms with Crippen molar-refractivity contribution in [1.29, 1.82) is 0 Å². The molecule has 1 fully saturated rings. The molecule has 1 aliphatic carbocycles. The molecule has 1 unspecified atom stereocenters. The first kappa shape index (κ1) is 9.63. The maximum Gasteiger partial charge on any atom is 0.251 e. The van der Waals surface area contributed by atoms with Crippen molar-refractivity contribution < 1.29 is 25.5 Å². The fraction of sp³-hybridized carbons (Fsp3) is 0.714. The van der Waals surface area contributed by atoms with Crippen LogP contribution in [0.3, 0.4) is 0 Å². The Morgan fingerprint density at radius 1 is 1.00 bits per heavy atom. The predicted octanol–water partition coefficient (Wildman–Crippen LogP) is -1.94. The maximum absolute atomic E-state index is 9.43. The van der Waals surface area contributed by atoms with Gasteiger partial charge in [-0.15, -0.1) is 6.58 Å². The van der Waals surface area contributed by atoms with Crippen molar-refractivity contribution in [3.8, 4) is 0 Å². The topological polar surface area (TPSA) is 101 Å². The van der Waals surface area contributed by atoms with Crippen LogP contribution in [0.15, 0.2) is 12.7 Å². The summed E-state index contributed by atoms with van der Waals surface area (Å²) < 4.78 is 0. The van der Waals surface area contributed by atoms with E-state index >= 15 is 0 Å². The lowest BCUT2D eigenvalue weighted by molar-refractivity contribution is -0.373. The Balaban J connectivity index is 3.08. The molecule has 70 valence electrons. The smallest absolute Gasteiger partial charge is 0.251 e. The molecule has 0 aromatic carbocycles. The number of hydrogen-bond donors (Lipinski definition) is 5. The van der Waals surface area contributed by atoms with E-state index in [9.17, 15) is 15.3 Å². The van der Waals surface area contributed by atoms with E-state index in [-0.39, 0.29) is 12.8 Å². The highest BCUT2D eigenvalue weighted by Crippen LogP contribution is 2.43. The number of aliphatic hydroxyl groups is 5. The van der Waals surface area contributed by atoms with Gasteiger partial charge in [0, 0.05) is 6.42 Å². The average molecular weight is 176 g/mol. The van der Waals surface area contributed by atoms with E-state index in [2.05, 4.69) is 6.58 Å². The Hall–Kier alpha value is -0.460. The van der Waals surface area contributed by atoms with Gasteiger partial charge in [0.15, 0.2) is 0 Å². The lowest BCUT2D eigenvalue weighted by Crippen LogP contribution is -2.61.